The molecule has 3 aliphatic rings. The first-order valence-electron chi connectivity index (χ1n) is 9.89. The average Bonchev–Trinajstić information content (AvgIpc) is 3.30. The van der Waals surface area contributed by atoms with Crippen molar-refractivity contribution < 1.29 is 14.4 Å². The van der Waals surface area contributed by atoms with E-state index in [1.54, 1.807) is 0 Å². The predicted octanol–water partition coefficient (Wildman–Crippen LogP) is 2.32. The van der Waals surface area contributed by atoms with Gasteiger partial charge in [0, 0.05) is 49.8 Å². The third-order valence-electron chi connectivity index (χ3n) is 6.23. The van der Waals surface area contributed by atoms with Gasteiger partial charge < -0.3 is 14.8 Å². The Balaban J connectivity index is 1.43. The molecule has 0 atom stereocenters. The second kappa shape index (κ2) is 6.89. The Hall–Kier alpha value is -2.11. The Bertz CT molecular complexity index is 738. The smallest absolute Gasteiger partial charge is 0.270 e. The summed E-state index contributed by atoms with van der Waals surface area (Å²) in [4.78, 5) is 44.6. The number of hydrogen-bond donors (Lipinski definition) is 1. The molecular weight excluding hydrogens is 330 g/mol. The maximum atomic E-state index is 13.0. The number of H-pyrrole nitrogens is 1. The lowest BCUT2D eigenvalue weighted by atomic mass is 9.93. The fourth-order valence-corrected chi connectivity index (χ4v) is 4.71. The van der Waals surface area contributed by atoms with Crippen molar-refractivity contribution in [2.24, 2.45) is 5.92 Å². The van der Waals surface area contributed by atoms with Crippen molar-refractivity contribution in [3.63, 3.8) is 0 Å². The van der Waals surface area contributed by atoms with Crippen LogP contribution in [0.4, 0.5) is 0 Å². The number of hydrogen-bond acceptors (Lipinski definition) is 3. The molecule has 1 aromatic heterocycles. The van der Waals surface area contributed by atoms with E-state index in [2.05, 4.69) is 4.98 Å². The van der Waals surface area contributed by atoms with Crippen LogP contribution in [0.3, 0.4) is 0 Å². The molecule has 1 saturated carbocycles. The van der Waals surface area contributed by atoms with Crippen LogP contribution in [0.15, 0.2) is 0 Å². The van der Waals surface area contributed by atoms with Gasteiger partial charge in [0.1, 0.15) is 5.69 Å². The number of carbonyl (C=O) groups is 3. The van der Waals surface area contributed by atoms with Gasteiger partial charge in [0.05, 0.1) is 0 Å². The van der Waals surface area contributed by atoms with Crippen molar-refractivity contribution in [1.82, 2.24) is 14.8 Å². The van der Waals surface area contributed by atoms with Crippen LogP contribution in [-0.4, -0.2) is 58.6 Å². The highest BCUT2D eigenvalue weighted by molar-refractivity contribution is 6.04. The van der Waals surface area contributed by atoms with Crippen LogP contribution >= 0.6 is 0 Å². The number of carbonyl (C=O) groups excluding carboxylic acids is 3. The van der Waals surface area contributed by atoms with Crippen molar-refractivity contribution in [2.45, 2.75) is 51.9 Å². The molecule has 0 radical (unpaired) electrons. The molecule has 0 unspecified atom stereocenters. The molecule has 2 fully saturated rings. The molecule has 2 heterocycles. The highest BCUT2D eigenvalue weighted by atomic mass is 16.2. The first kappa shape index (κ1) is 17.3. The number of ketones is 1. The Morgan fingerprint density at radius 3 is 2.27 bits per heavy atom. The first-order chi connectivity index (χ1) is 12.6. The summed E-state index contributed by atoms with van der Waals surface area (Å²) in [6, 6.07) is 0. The van der Waals surface area contributed by atoms with Crippen LogP contribution in [0.25, 0.3) is 0 Å². The molecule has 1 N–H and O–H groups in total. The van der Waals surface area contributed by atoms with E-state index in [-0.39, 0.29) is 23.5 Å². The van der Waals surface area contributed by atoms with Gasteiger partial charge in [-0.1, -0.05) is 12.8 Å². The maximum Gasteiger partial charge on any atom is 0.270 e. The number of fused-ring (bicyclic) bond motifs is 1. The van der Waals surface area contributed by atoms with E-state index >= 15 is 0 Å². The number of piperazine rings is 1. The number of amides is 2. The van der Waals surface area contributed by atoms with Crippen molar-refractivity contribution >= 4 is 17.6 Å². The molecule has 2 aliphatic carbocycles. The minimum absolute atomic E-state index is 0.0438. The fraction of sp³-hybridized carbons (Fsp3) is 0.650. The largest absolute Gasteiger partial charge is 0.354 e. The molecule has 6 heteroatoms. The van der Waals surface area contributed by atoms with Crippen LogP contribution in [-0.2, 0) is 11.2 Å². The second-order valence-corrected chi connectivity index (χ2v) is 7.85. The number of aromatic amines is 1. The highest BCUT2D eigenvalue weighted by Crippen LogP contribution is 2.29. The van der Waals surface area contributed by atoms with Crippen molar-refractivity contribution in [3.8, 4) is 0 Å². The number of nitrogens with one attached hydrogen (secondary N) is 1. The standard InChI is InChI=1S/C20H27N3O3/c1-13-17-15(7-4-8-16(17)24)21-18(13)20(26)23-11-9-22(10-12-23)19(25)14-5-2-3-6-14/h14,21H,2-12H2,1H3. The highest BCUT2D eigenvalue weighted by Gasteiger charge is 2.33. The number of aromatic nitrogens is 1. The molecule has 1 aliphatic heterocycles. The Labute approximate surface area is 153 Å². The maximum absolute atomic E-state index is 13.0. The summed E-state index contributed by atoms with van der Waals surface area (Å²) in [5.74, 6) is 0.566. The van der Waals surface area contributed by atoms with Gasteiger partial charge in [0.15, 0.2) is 5.78 Å². The minimum Gasteiger partial charge on any atom is -0.354 e. The summed E-state index contributed by atoms with van der Waals surface area (Å²) < 4.78 is 0. The molecule has 6 nitrogen and oxygen atoms in total. The molecular formula is C20H27N3O3. The zero-order chi connectivity index (χ0) is 18.3. The van der Waals surface area contributed by atoms with E-state index in [0.717, 1.165) is 55.3 Å². The molecule has 2 amide bonds. The van der Waals surface area contributed by atoms with Crippen LogP contribution < -0.4 is 0 Å². The van der Waals surface area contributed by atoms with Gasteiger partial charge in [-0.25, -0.2) is 0 Å². The Morgan fingerprint density at radius 2 is 1.62 bits per heavy atom. The van der Waals surface area contributed by atoms with E-state index in [9.17, 15) is 14.4 Å². The van der Waals surface area contributed by atoms with Gasteiger partial charge in [0.2, 0.25) is 5.91 Å². The lowest BCUT2D eigenvalue weighted by molar-refractivity contribution is -0.136. The van der Waals surface area contributed by atoms with Crippen LogP contribution in [0.1, 0.15) is 70.6 Å². The zero-order valence-corrected chi connectivity index (χ0v) is 15.5. The van der Waals surface area contributed by atoms with Crippen molar-refractivity contribution in [3.05, 3.63) is 22.5 Å². The van der Waals surface area contributed by atoms with Crippen molar-refractivity contribution in [1.29, 1.82) is 0 Å². The SMILES string of the molecule is Cc1c(C(=O)N2CCN(C(=O)C3CCCC3)CC2)[nH]c2c1C(=O)CCC2. The first-order valence-corrected chi connectivity index (χ1v) is 9.89. The quantitative estimate of drug-likeness (QED) is 0.883. The summed E-state index contributed by atoms with van der Waals surface area (Å²) in [7, 11) is 0. The predicted molar refractivity (Wildman–Crippen MR) is 97.2 cm³/mol. The van der Waals surface area contributed by atoms with Gasteiger partial charge in [-0.2, -0.15) is 0 Å². The van der Waals surface area contributed by atoms with Crippen LogP contribution in [0.2, 0.25) is 0 Å². The van der Waals surface area contributed by atoms with Crippen LogP contribution in [0.5, 0.6) is 0 Å². The molecule has 0 bridgehead atoms. The van der Waals surface area contributed by atoms with E-state index in [4.69, 9.17) is 0 Å². The molecule has 1 saturated heterocycles. The third-order valence-corrected chi connectivity index (χ3v) is 6.23. The third kappa shape index (κ3) is 2.95. The summed E-state index contributed by atoms with van der Waals surface area (Å²) in [6.45, 7) is 4.22. The number of aryl methyl sites for hydroxylation is 1. The van der Waals surface area contributed by atoms with Gasteiger partial charge in [-0.15, -0.1) is 0 Å². The summed E-state index contributed by atoms with van der Waals surface area (Å²) >= 11 is 0. The van der Waals surface area contributed by atoms with E-state index in [1.165, 1.54) is 0 Å². The van der Waals surface area contributed by atoms with Gasteiger partial charge in [0.25, 0.3) is 5.91 Å². The lowest BCUT2D eigenvalue weighted by Gasteiger charge is -2.36. The zero-order valence-electron chi connectivity index (χ0n) is 15.5. The normalized spacial score (nSPS) is 21.2. The van der Waals surface area contributed by atoms with Crippen molar-refractivity contribution in [2.75, 3.05) is 26.2 Å². The topological polar surface area (TPSA) is 73.5 Å². The summed E-state index contributed by atoms with van der Waals surface area (Å²) in [5, 5.41) is 0. The second-order valence-electron chi connectivity index (χ2n) is 7.85. The fourth-order valence-electron chi connectivity index (χ4n) is 4.71. The molecule has 0 spiro atoms. The Morgan fingerprint density at radius 1 is 0.962 bits per heavy atom. The van der Waals surface area contributed by atoms with E-state index in [0.29, 0.717) is 38.3 Å². The van der Waals surface area contributed by atoms with Gasteiger partial charge in [-0.05, 0) is 38.2 Å². The van der Waals surface area contributed by atoms with E-state index < -0.39 is 0 Å². The molecule has 26 heavy (non-hydrogen) atoms. The molecule has 1 aromatic rings. The Kier molecular flexibility index (Phi) is 4.59. The van der Waals surface area contributed by atoms with Gasteiger partial charge >= 0.3 is 0 Å². The minimum atomic E-state index is -0.0438. The molecule has 4 rings (SSSR count). The number of nitrogens with zero attached hydrogens (tertiary/aromatic N) is 2. The average molecular weight is 357 g/mol. The van der Waals surface area contributed by atoms with Crippen LogP contribution in [0, 0.1) is 12.8 Å². The molecule has 0 aromatic carbocycles. The van der Waals surface area contributed by atoms with Gasteiger partial charge in [-0.3, -0.25) is 14.4 Å². The lowest BCUT2D eigenvalue weighted by Crippen LogP contribution is -2.51. The monoisotopic (exact) mass is 357 g/mol. The number of rotatable bonds is 2. The number of Topliss-reactive ketones (excluding diaryl/α,β-unsaturated/α-hetero) is 1. The van der Waals surface area contributed by atoms with E-state index in [1.807, 2.05) is 16.7 Å². The summed E-state index contributed by atoms with van der Waals surface area (Å²) in [5.41, 5.74) is 2.99. The summed E-state index contributed by atoms with van der Waals surface area (Å²) in [6.07, 6.45) is 6.59. The molecule has 140 valence electrons.